The summed E-state index contributed by atoms with van der Waals surface area (Å²) in [5.74, 6) is 0. The monoisotopic (exact) mass is 287 g/mol. The summed E-state index contributed by atoms with van der Waals surface area (Å²) in [5.41, 5.74) is 0. The number of unbranched alkanes of at least 4 members (excludes halogenated alkanes) is 8. The fraction of sp³-hybridized carbons (Fsp3) is 1.00. The molecule has 0 aromatic heterocycles. The normalized spacial score (nSPS) is 12.0. The third kappa shape index (κ3) is 9.89. The Balaban J connectivity index is 3.81. The van der Waals surface area contributed by atoms with E-state index in [0.29, 0.717) is 0 Å². The maximum absolute atomic E-state index is 2.47. The van der Waals surface area contributed by atoms with Gasteiger partial charge in [-0.25, -0.2) is 0 Å². The SMILES string of the molecule is CCCCCCCC[P+](CC)(CC)CCCCCC. The molecule has 0 N–H and O–H groups in total. The lowest BCUT2D eigenvalue weighted by atomic mass is 10.1. The molecule has 0 unspecified atom stereocenters. The minimum absolute atomic E-state index is 0.554. The Kier molecular flexibility index (Phi) is 13.7. The summed E-state index contributed by atoms with van der Waals surface area (Å²) in [7, 11) is -0.554. The fourth-order valence-electron chi connectivity index (χ4n) is 3.07. The molecule has 0 nitrogen and oxygen atoms in total. The molecule has 0 fully saturated rings. The second-order valence-electron chi connectivity index (χ2n) is 6.25. The predicted molar refractivity (Wildman–Crippen MR) is 95.3 cm³/mol. The van der Waals surface area contributed by atoms with E-state index >= 15 is 0 Å². The Labute approximate surface area is 124 Å². The second-order valence-corrected chi connectivity index (χ2v) is 11.1. The molecular formula is C18H40P+. The molecule has 19 heavy (non-hydrogen) atoms. The van der Waals surface area contributed by atoms with Crippen LogP contribution in [-0.2, 0) is 0 Å². The predicted octanol–water partition coefficient (Wildman–Crippen LogP) is 6.98. The molecule has 0 aromatic rings. The van der Waals surface area contributed by atoms with Crippen LogP contribution in [-0.4, -0.2) is 24.6 Å². The van der Waals surface area contributed by atoms with Gasteiger partial charge in [0.2, 0.25) is 0 Å². The lowest BCUT2D eigenvalue weighted by Crippen LogP contribution is -2.09. The Morgan fingerprint density at radius 2 is 0.842 bits per heavy atom. The molecule has 0 radical (unpaired) electrons. The minimum Gasteiger partial charge on any atom is -0.0654 e. The largest absolute Gasteiger partial charge is 0.0654 e. The Hall–Kier alpha value is 0.430. The van der Waals surface area contributed by atoms with Crippen molar-refractivity contribution < 1.29 is 0 Å². The first kappa shape index (κ1) is 19.4. The maximum Gasteiger partial charge on any atom is 0.0594 e. The van der Waals surface area contributed by atoms with Crippen molar-refractivity contribution in [1.29, 1.82) is 0 Å². The standard InChI is InChI=1S/C18H40P/c1-5-9-11-13-14-16-18-19(7-3,8-4)17-15-12-10-6-2/h5-18H2,1-4H3/q+1. The van der Waals surface area contributed by atoms with Crippen molar-refractivity contribution in [3.05, 3.63) is 0 Å². The summed E-state index contributed by atoms with van der Waals surface area (Å²) in [6.45, 7) is 9.56. The van der Waals surface area contributed by atoms with Gasteiger partial charge in [0, 0.05) is 7.26 Å². The van der Waals surface area contributed by atoms with Crippen LogP contribution in [0, 0.1) is 0 Å². The van der Waals surface area contributed by atoms with E-state index in [9.17, 15) is 0 Å². The summed E-state index contributed by atoms with van der Waals surface area (Å²) >= 11 is 0. The van der Waals surface area contributed by atoms with Gasteiger partial charge in [-0.15, -0.1) is 0 Å². The molecule has 1 heteroatoms. The van der Waals surface area contributed by atoms with Gasteiger partial charge in [-0.3, -0.25) is 0 Å². The summed E-state index contributed by atoms with van der Waals surface area (Å²) in [6.07, 6.45) is 20.8. The third-order valence-corrected chi connectivity index (χ3v) is 10.0. The third-order valence-electron chi connectivity index (χ3n) is 4.81. The molecule has 0 amide bonds. The number of hydrogen-bond acceptors (Lipinski definition) is 0. The molecule has 0 heterocycles. The van der Waals surface area contributed by atoms with Crippen LogP contribution in [0.25, 0.3) is 0 Å². The average Bonchev–Trinajstić information content (AvgIpc) is 2.45. The van der Waals surface area contributed by atoms with Crippen LogP contribution in [0.4, 0.5) is 0 Å². The van der Waals surface area contributed by atoms with Crippen LogP contribution in [0.3, 0.4) is 0 Å². The lowest BCUT2D eigenvalue weighted by Gasteiger charge is -2.25. The Morgan fingerprint density at radius 3 is 1.26 bits per heavy atom. The molecule has 0 rings (SSSR count). The van der Waals surface area contributed by atoms with Crippen molar-refractivity contribution in [3.8, 4) is 0 Å². The summed E-state index contributed by atoms with van der Waals surface area (Å²) < 4.78 is 0. The van der Waals surface area contributed by atoms with Crippen molar-refractivity contribution in [2.75, 3.05) is 24.6 Å². The Morgan fingerprint density at radius 1 is 0.474 bits per heavy atom. The highest BCUT2D eigenvalue weighted by Crippen LogP contribution is 2.59. The maximum atomic E-state index is 2.47. The van der Waals surface area contributed by atoms with Crippen molar-refractivity contribution >= 4 is 7.26 Å². The van der Waals surface area contributed by atoms with E-state index in [2.05, 4.69) is 27.7 Å². The number of hydrogen-bond donors (Lipinski definition) is 0. The second kappa shape index (κ2) is 13.4. The van der Waals surface area contributed by atoms with E-state index in [-0.39, 0.29) is 0 Å². The van der Waals surface area contributed by atoms with Gasteiger partial charge in [0.15, 0.2) is 0 Å². The molecular weight excluding hydrogens is 247 g/mol. The molecule has 0 bridgehead atoms. The fourth-order valence-corrected chi connectivity index (χ4v) is 6.79. The van der Waals surface area contributed by atoms with Crippen LogP contribution < -0.4 is 0 Å². The number of rotatable bonds is 14. The van der Waals surface area contributed by atoms with Crippen LogP contribution >= 0.6 is 7.26 Å². The van der Waals surface area contributed by atoms with Crippen molar-refractivity contribution in [3.63, 3.8) is 0 Å². The highest BCUT2D eigenvalue weighted by atomic mass is 31.2. The molecule has 0 aromatic carbocycles. The lowest BCUT2D eigenvalue weighted by molar-refractivity contribution is 0.625. The van der Waals surface area contributed by atoms with E-state index in [1.54, 1.807) is 12.3 Å². The zero-order valence-electron chi connectivity index (χ0n) is 14.3. The van der Waals surface area contributed by atoms with Gasteiger partial charge in [0.05, 0.1) is 24.6 Å². The van der Waals surface area contributed by atoms with Gasteiger partial charge in [-0.05, 0) is 39.5 Å². The zero-order valence-corrected chi connectivity index (χ0v) is 15.2. The van der Waals surface area contributed by atoms with Crippen LogP contribution in [0.2, 0.25) is 0 Å². The average molecular weight is 287 g/mol. The summed E-state index contributed by atoms with van der Waals surface area (Å²) in [4.78, 5) is 0. The molecule has 0 aliphatic heterocycles. The van der Waals surface area contributed by atoms with Crippen LogP contribution in [0.1, 0.15) is 91.9 Å². The highest BCUT2D eigenvalue weighted by Gasteiger charge is 2.31. The van der Waals surface area contributed by atoms with E-state index in [4.69, 9.17) is 0 Å². The molecule has 0 atom stereocenters. The van der Waals surface area contributed by atoms with Gasteiger partial charge in [-0.1, -0.05) is 52.4 Å². The molecule has 0 aliphatic rings. The first-order valence-electron chi connectivity index (χ1n) is 9.09. The first-order valence-corrected chi connectivity index (χ1v) is 11.6. The van der Waals surface area contributed by atoms with E-state index in [1.165, 1.54) is 76.5 Å². The minimum atomic E-state index is -0.554. The van der Waals surface area contributed by atoms with Gasteiger partial charge >= 0.3 is 0 Å². The molecule has 0 aliphatic carbocycles. The summed E-state index contributed by atoms with van der Waals surface area (Å²) in [6, 6.07) is 0. The van der Waals surface area contributed by atoms with Gasteiger partial charge < -0.3 is 0 Å². The zero-order chi connectivity index (χ0) is 14.4. The summed E-state index contributed by atoms with van der Waals surface area (Å²) in [5, 5.41) is 0. The first-order chi connectivity index (χ1) is 9.24. The smallest absolute Gasteiger partial charge is 0.0594 e. The molecule has 0 saturated heterocycles. The van der Waals surface area contributed by atoms with Crippen molar-refractivity contribution in [2.45, 2.75) is 91.9 Å². The quantitative estimate of drug-likeness (QED) is 0.239. The topological polar surface area (TPSA) is 0 Å². The van der Waals surface area contributed by atoms with Crippen molar-refractivity contribution in [2.24, 2.45) is 0 Å². The van der Waals surface area contributed by atoms with Gasteiger partial charge in [-0.2, -0.15) is 0 Å². The van der Waals surface area contributed by atoms with E-state index in [0.717, 1.165) is 0 Å². The van der Waals surface area contributed by atoms with E-state index in [1.807, 2.05) is 0 Å². The highest BCUT2D eigenvalue weighted by molar-refractivity contribution is 7.75. The molecule has 116 valence electrons. The van der Waals surface area contributed by atoms with Crippen LogP contribution in [0.15, 0.2) is 0 Å². The Bertz CT molecular complexity index is 173. The van der Waals surface area contributed by atoms with Crippen molar-refractivity contribution in [1.82, 2.24) is 0 Å². The molecule has 0 spiro atoms. The van der Waals surface area contributed by atoms with E-state index < -0.39 is 7.26 Å². The van der Waals surface area contributed by atoms with Crippen LogP contribution in [0.5, 0.6) is 0 Å². The molecule has 0 saturated carbocycles. The van der Waals surface area contributed by atoms with Gasteiger partial charge in [0.25, 0.3) is 0 Å². The van der Waals surface area contributed by atoms with Gasteiger partial charge in [0.1, 0.15) is 0 Å².